The lowest BCUT2D eigenvalue weighted by Gasteiger charge is -2.35. The lowest BCUT2D eigenvalue weighted by Crippen LogP contribution is -2.49. The third-order valence-corrected chi connectivity index (χ3v) is 11.2. The second kappa shape index (κ2) is 21.9. The molecule has 338 valence electrons. The first-order valence-corrected chi connectivity index (χ1v) is 21.6. The number of nitrogens with zero attached hydrogens (tertiary/aromatic N) is 9. The topological polar surface area (TPSA) is 252 Å². The minimum atomic E-state index is -0.498. The maximum absolute atomic E-state index is 13.6. The molecular formula is C45H51N13O7. The molecule has 0 radical (unpaired) electrons. The number of aromatic nitrogens is 6. The van der Waals surface area contributed by atoms with Crippen molar-refractivity contribution in [3.05, 3.63) is 93.7 Å². The van der Waals surface area contributed by atoms with Crippen LogP contribution in [0, 0.1) is 18.3 Å². The van der Waals surface area contributed by atoms with Gasteiger partial charge in [-0.05, 0) is 68.7 Å². The SMILES string of the molecule is CC(=O)c1c(C)c2cnc(Nc3ccc(N4CCN(CC(=O)NCCOCCOCCC(=O)Nc5ccccc5C(=O)Nc5ccc(C#N)nn5)CC4)cn3)nc2n(C2CCCC2)c1=O. The first-order valence-electron chi connectivity index (χ1n) is 21.6. The van der Waals surface area contributed by atoms with Gasteiger partial charge in [0.2, 0.25) is 17.8 Å². The number of amides is 3. The molecule has 2 fully saturated rings. The summed E-state index contributed by atoms with van der Waals surface area (Å²) in [6.45, 7) is 7.68. The first-order chi connectivity index (χ1) is 31.6. The largest absolute Gasteiger partial charge is 0.379 e. The molecule has 20 nitrogen and oxygen atoms in total. The van der Waals surface area contributed by atoms with Crippen molar-refractivity contribution in [3.8, 4) is 6.07 Å². The van der Waals surface area contributed by atoms with E-state index in [4.69, 9.17) is 19.7 Å². The minimum absolute atomic E-state index is 0.0115. The number of piperazine rings is 1. The molecule has 4 N–H and O–H groups in total. The molecule has 1 saturated heterocycles. The van der Waals surface area contributed by atoms with Crippen LogP contribution < -0.4 is 31.7 Å². The molecule has 2 aliphatic rings. The fourth-order valence-corrected chi connectivity index (χ4v) is 7.89. The van der Waals surface area contributed by atoms with Gasteiger partial charge in [-0.3, -0.25) is 33.4 Å². The Morgan fingerprint density at radius 3 is 2.31 bits per heavy atom. The van der Waals surface area contributed by atoms with Gasteiger partial charge in [0.1, 0.15) is 17.5 Å². The highest BCUT2D eigenvalue weighted by atomic mass is 16.5. The Bertz CT molecular complexity index is 2600. The Balaban J connectivity index is 0.761. The fraction of sp³-hybridized carbons (Fsp3) is 0.400. The number of hydrogen-bond donors (Lipinski definition) is 4. The number of nitrogens with one attached hydrogen (secondary N) is 4. The van der Waals surface area contributed by atoms with Gasteiger partial charge in [-0.25, -0.2) is 9.97 Å². The van der Waals surface area contributed by atoms with Gasteiger partial charge in [0.05, 0.1) is 68.1 Å². The molecule has 3 amide bonds. The summed E-state index contributed by atoms with van der Waals surface area (Å²) in [5.74, 6) is -0.153. The average molecular weight is 886 g/mol. The van der Waals surface area contributed by atoms with Gasteiger partial charge in [-0.1, -0.05) is 25.0 Å². The van der Waals surface area contributed by atoms with Crippen LogP contribution in [0.15, 0.2) is 65.7 Å². The van der Waals surface area contributed by atoms with Crippen molar-refractivity contribution in [1.29, 1.82) is 5.26 Å². The van der Waals surface area contributed by atoms with Crippen LogP contribution in [-0.4, -0.2) is 124 Å². The van der Waals surface area contributed by atoms with Gasteiger partial charge in [-0.15, -0.1) is 10.2 Å². The number of hydrogen-bond acceptors (Lipinski definition) is 16. The van der Waals surface area contributed by atoms with E-state index in [1.165, 1.54) is 19.1 Å². The van der Waals surface area contributed by atoms with Gasteiger partial charge in [0, 0.05) is 50.3 Å². The molecule has 0 unspecified atom stereocenters. The fourth-order valence-electron chi connectivity index (χ4n) is 7.89. The van der Waals surface area contributed by atoms with E-state index in [1.807, 2.05) is 18.2 Å². The Labute approximate surface area is 374 Å². The molecule has 5 aromatic rings. The molecule has 7 rings (SSSR count). The second-order valence-electron chi connectivity index (χ2n) is 15.7. The minimum Gasteiger partial charge on any atom is -0.379 e. The number of pyridine rings is 2. The number of carbonyl (C=O) groups excluding carboxylic acids is 4. The average Bonchev–Trinajstić information content (AvgIpc) is 3.84. The zero-order valence-corrected chi connectivity index (χ0v) is 36.3. The van der Waals surface area contributed by atoms with Crippen molar-refractivity contribution in [2.45, 2.75) is 52.0 Å². The lowest BCUT2D eigenvalue weighted by atomic mass is 10.0. The number of aryl methyl sites for hydroxylation is 1. The summed E-state index contributed by atoms with van der Waals surface area (Å²) >= 11 is 0. The summed E-state index contributed by atoms with van der Waals surface area (Å²) in [5, 5.41) is 28.5. The van der Waals surface area contributed by atoms with E-state index in [-0.39, 0.29) is 84.6 Å². The van der Waals surface area contributed by atoms with E-state index in [1.54, 1.807) is 48.1 Å². The van der Waals surface area contributed by atoms with Gasteiger partial charge < -0.3 is 35.6 Å². The van der Waals surface area contributed by atoms with Crippen molar-refractivity contribution in [3.63, 3.8) is 0 Å². The van der Waals surface area contributed by atoms with Crippen LogP contribution >= 0.6 is 0 Å². The molecule has 1 saturated carbocycles. The van der Waals surface area contributed by atoms with Gasteiger partial charge in [0.25, 0.3) is 11.5 Å². The van der Waals surface area contributed by atoms with Crippen molar-refractivity contribution in [2.24, 2.45) is 0 Å². The summed E-state index contributed by atoms with van der Waals surface area (Å²) in [7, 11) is 0. The first kappa shape index (κ1) is 45.8. The normalized spacial score (nSPS) is 14.2. The molecule has 0 atom stereocenters. The van der Waals surface area contributed by atoms with Gasteiger partial charge >= 0.3 is 0 Å². The number of ketones is 1. The second-order valence-corrected chi connectivity index (χ2v) is 15.7. The number of carbonyl (C=O) groups is 4. The summed E-state index contributed by atoms with van der Waals surface area (Å²) in [6, 6.07) is 15.1. The van der Waals surface area contributed by atoms with Crippen molar-refractivity contribution in [1.82, 2.24) is 39.9 Å². The molecule has 1 aromatic carbocycles. The third kappa shape index (κ3) is 11.9. The lowest BCUT2D eigenvalue weighted by molar-refractivity contribution is -0.122. The Morgan fingerprint density at radius 1 is 0.846 bits per heavy atom. The zero-order chi connectivity index (χ0) is 45.7. The summed E-state index contributed by atoms with van der Waals surface area (Å²) < 4.78 is 12.8. The monoisotopic (exact) mass is 885 g/mol. The molecule has 0 spiro atoms. The molecule has 1 aliphatic carbocycles. The Morgan fingerprint density at radius 2 is 1.60 bits per heavy atom. The third-order valence-electron chi connectivity index (χ3n) is 11.2. The number of rotatable bonds is 19. The Hall–Kier alpha value is -7.21. The van der Waals surface area contributed by atoms with Crippen LogP contribution in [0.2, 0.25) is 0 Å². The molecule has 20 heteroatoms. The molecule has 4 aromatic heterocycles. The van der Waals surface area contributed by atoms with Gasteiger partial charge in [0.15, 0.2) is 17.3 Å². The molecule has 0 bridgehead atoms. The standard InChI is InChI=1S/C45H51N13O7/c1-29-35-27-49-45(53-42(35)58(32-7-3-4-8-32)44(63)41(29)30(2)59)52-37-14-12-33(26-48-37)57-19-17-56(18-20-57)28-40(61)47-16-22-65-24-23-64-21-15-39(60)50-36-10-6-5-9-34(36)43(62)51-38-13-11-31(25-46)54-55-38/h5-6,9-14,26-27,32H,3-4,7-8,15-24,28H2,1-2H3,(H,47,61)(H,50,60)(H,51,55,62)(H,48,49,52,53). The van der Waals surface area contributed by atoms with E-state index < -0.39 is 5.91 Å². The number of nitriles is 1. The summed E-state index contributed by atoms with van der Waals surface area (Å²) in [5.41, 5.74) is 2.64. The zero-order valence-electron chi connectivity index (χ0n) is 36.3. The maximum Gasteiger partial charge on any atom is 0.263 e. The van der Waals surface area contributed by atoms with E-state index >= 15 is 0 Å². The predicted octanol–water partition coefficient (Wildman–Crippen LogP) is 3.77. The number of fused-ring (bicyclic) bond motifs is 1. The van der Waals surface area contributed by atoms with E-state index in [0.717, 1.165) is 44.5 Å². The molecule has 1 aliphatic heterocycles. The number of Topliss-reactive ketones (excluding diaryl/α,β-unsaturated/α-hetero) is 1. The summed E-state index contributed by atoms with van der Waals surface area (Å²) in [6.07, 6.45) is 7.28. The van der Waals surface area contributed by atoms with Crippen LogP contribution in [0.5, 0.6) is 0 Å². The number of anilines is 5. The maximum atomic E-state index is 13.6. The van der Waals surface area contributed by atoms with Crippen molar-refractivity contribution >= 4 is 63.5 Å². The van der Waals surface area contributed by atoms with Crippen LogP contribution in [0.25, 0.3) is 11.0 Å². The van der Waals surface area contributed by atoms with Gasteiger partial charge in [-0.2, -0.15) is 10.2 Å². The van der Waals surface area contributed by atoms with E-state index in [2.05, 4.69) is 51.2 Å². The van der Waals surface area contributed by atoms with E-state index in [0.29, 0.717) is 60.3 Å². The predicted molar refractivity (Wildman–Crippen MR) is 241 cm³/mol. The number of ether oxygens (including phenoxy) is 2. The highest BCUT2D eigenvalue weighted by Crippen LogP contribution is 2.32. The van der Waals surface area contributed by atoms with Crippen molar-refractivity contribution in [2.75, 3.05) is 86.5 Å². The summed E-state index contributed by atoms with van der Waals surface area (Å²) in [4.78, 5) is 82.2. The van der Waals surface area contributed by atoms with Crippen LogP contribution in [0.1, 0.15) is 77.0 Å². The van der Waals surface area contributed by atoms with E-state index in [9.17, 15) is 24.0 Å². The molecule has 5 heterocycles. The quantitative estimate of drug-likeness (QED) is 0.0680. The number of benzene rings is 1. The highest BCUT2D eigenvalue weighted by Gasteiger charge is 2.26. The molecule has 65 heavy (non-hydrogen) atoms. The molecular weight excluding hydrogens is 835 g/mol. The number of para-hydroxylation sites is 1. The van der Waals surface area contributed by atoms with Crippen LogP contribution in [0.3, 0.4) is 0 Å². The Kier molecular flexibility index (Phi) is 15.4. The van der Waals surface area contributed by atoms with Crippen LogP contribution in [-0.2, 0) is 19.1 Å². The van der Waals surface area contributed by atoms with Crippen LogP contribution in [0.4, 0.5) is 29.0 Å². The highest BCUT2D eigenvalue weighted by molar-refractivity contribution is 6.09. The van der Waals surface area contributed by atoms with Crippen molar-refractivity contribution < 1.29 is 28.7 Å². The smallest absolute Gasteiger partial charge is 0.263 e.